The first-order valence-corrected chi connectivity index (χ1v) is 8.27. The molecule has 1 rings (SSSR count). The molecule has 0 fully saturated rings. The first kappa shape index (κ1) is 15.2. The van der Waals surface area contributed by atoms with E-state index >= 15 is 0 Å². The van der Waals surface area contributed by atoms with Crippen LogP contribution in [0.3, 0.4) is 0 Å². The molecule has 0 saturated carbocycles. The number of unbranched alkanes of at least 4 members (excludes halogenated alkanes) is 5. The molecule has 0 aromatic carbocycles. The third-order valence-electron chi connectivity index (χ3n) is 3.04. The summed E-state index contributed by atoms with van der Waals surface area (Å²) < 4.78 is 1.19. The van der Waals surface area contributed by atoms with Gasteiger partial charge in [-0.05, 0) is 35.3 Å². The van der Waals surface area contributed by atoms with E-state index in [4.69, 9.17) is 5.73 Å². The van der Waals surface area contributed by atoms with Gasteiger partial charge in [-0.15, -0.1) is 11.3 Å². The van der Waals surface area contributed by atoms with Gasteiger partial charge in [0.25, 0.3) is 0 Å². The minimum absolute atomic E-state index is 0.217. The van der Waals surface area contributed by atoms with E-state index < -0.39 is 0 Å². The Hall–Kier alpha value is 0.140. The monoisotopic (exact) mass is 317 g/mol. The van der Waals surface area contributed by atoms with E-state index in [0.717, 1.165) is 6.42 Å². The Labute approximate surface area is 118 Å². The van der Waals surface area contributed by atoms with Gasteiger partial charge in [0, 0.05) is 20.3 Å². The number of nitrogens with two attached hydrogens (primary N) is 1. The fraction of sp³-hybridized carbons (Fsp3) is 0.714. The highest BCUT2D eigenvalue weighted by molar-refractivity contribution is 9.10. The highest BCUT2D eigenvalue weighted by Crippen LogP contribution is 2.33. The second-order valence-corrected chi connectivity index (χ2v) is 6.87. The molecule has 1 heterocycles. The molecule has 0 radical (unpaired) electrons. The smallest absolute Gasteiger partial charge is 0.0401 e. The van der Waals surface area contributed by atoms with E-state index in [1.54, 1.807) is 0 Å². The summed E-state index contributed by atoms with van der Waals surface area (Å²) in [5.74, 6) is 0. The van der Waals surface area contributed by atoms with Crippen molar-refractivity contribution in [3.8, 4) is 0 Å². The van der Waals surface area contributed by atoms with Crippen LogP contribution in [-0.2, 0) is 0 Å². The fourth-order valence-electron chi connectivity index (χ4n) is 2.03. The largest absolute Gasteiger partial charge is 0.323 e. The minimum atomic E-state index is 0.217. The molecule has 98 valence electrons. The Morgan fingerprint density at radius 3 is 2.47 bits per heavy atom. The molecule has 0 bridgehead atoms. The van der Waals surface area contributed by atoms with E-state index in [0.29, 0.717) is 0 Å². The van der Waals surface area contributed by atoms with E-state index in [-0.39, 0.29) is 6.04 Å². The van der Waals surface area contributed by atoms with E-state index in [1.165, 1.54) is 52.8 Å². The maximum Gasteiger partial charge on any atom is 0.0401 e. The maximum absolute atomic E-state index is 6.23. The molecule has 1 nitrogen and oxygen atoms in total. The zero-order valence-corrected chi connectivity index (χ0v) is 13.4. The van der Waals surface area contributed by atoms with Crippen LogP contribution in [0.15, 0.2) is 10.5 Å². The first-order valence-electron chi connectivity index (χ1n) is 6.66. The summed E-state index contributed by atoms with van der Waals surface area (Å²) in [6, 6.07) is 2.38. The molecule has 1 aromatic heterocycles. The third-order valence-corrected chi connectivity index (χ3v) is 5.14. The Bertz CT molecular complexity index is 322. The van der Waals surface area contributed by atoms with Gasteiger partial charge in [-0.1, -0.05) is 45.4 Å². The second kappa shape index (κ2) is 8.28. The Morgan fingerprint density at radius 2 is 1.88 bits per heavy atom. The van der Waals surface area contributed by atoms with Crippen LogP contribution in [0.5, 0.6) is 0 Å². The third kappa shape index (κ3) is 5.54. The summed E-state index contributed by atoms with van der Waals surface area (Å²) in [5.41, 5.74) is 6.23. The predicted octanol–water partition coefficient (Wildman–Crippen LogP) is 5.57. The molecular formula is C14H24BrNS. The molecule has 0 aliphatic rings. The number of aryl methyl sites for hydroxylation is 1. The maximum atomic E-state index is 6.23. The zero-order chi connectivity index (χ0) is 12.7. The Balaban J connectivity index is 2.21. The van der Waals surface area contributed by atoms with Gasteiger partial charge in [0.05, 0.1) is 0 Å². The minimum Gasteiger partial charge on any atom is -0.323 e. The van der Waals surface area contributed by atoms with Crippen LogP contribution in [0.4, 0.5) is 0 Å². The molecule has 2 N–H and O–H groups in total. The first-order chi connectivity index (χ1) is 8.15. The van der Waals surface area contributed by atoms with Crippen LogP contribution in [0, 0.1) is 6.92 Å². The number of hydrogen-bond acceptors (Lipinski definition) is 2. The molecule has 0 aliphatic carbocycles. The van der Waals surface area contributed by atoms with Gasteiger partial charge in [0.15, 0.2) is 0 Å². The lowest BCUT2D eigenvalue weighted by Crippen LogP contribution is -2.08. The van der Waals surface area contributed by atoms with Crippen molar-refractivity contribution in [3.63, 3.8) is 0 Å². The summed E-state index contributed by atoms with van der Waals surface area (Å²) in [4.78, 5) is 2.65. The van der Waals surface area contributed by atoms with E-state index in [9.17, 15) is 0 Å². The van der Waals surface area contributed by atoms with Crippen LogP contribution in [0.25, 0.3) is 0 Å². The highest BCUT2D eigenvalue weighted by atomic mass is 79.9. The fourth-order valence-corrected chi connectivity index (χ4v) is 4.01. The number of hydrogen-bond donors (Lipinski definition) is 1. The van der Waals surface area contributed by atoms with Crippen molar-refractivity contribution in [1.82, 2.24) is 0 Å². The number of rotatable bonds is 8. The Kier molecular flexibility index (Phi) is 7.40. The van der Waals surface area contributed by atoms with Crippen molar-refractivity contribution < 1.29 is 0 Å². The van der Waals surface area contributed by atoms with Crippen LogP contribution < -0.4 is 5.73 Å². The average Bonchev–Trinajstić information content (AvgIpc) is 2.62. The van der Waals surface area contributed by atoms with Crippen LogP contribution in [-0.4, -0.2) is 0 Å². The molecule has 1 aromatic rings. The van der Waals surface area contributed by atoms with Crippen molar-refractivity contribution in [2.75, 3.05) is 0 Å². The van der Waals surface area contributed by atoms with Gasteiger partial charge in [-0.2, -0.15) is 0 Å². The van der Waals surface area contributed by atoms with Gasteiger partial charge < -0.3 is 5.73 Å². The van der Waals surface area contributed by atoms with Crippen molar-refractivity contribution in [3.05, 3.63) is 20.3 Å². The van der Waals surface area contributed by atoms with Gasteiger partial charge in [0.1, 0.15) is 0 Å². The number of halogens is 1. The summed E-state index contributed by atoms with van der Waals surface area (Å²) in [7, 11) is 0. The lowest BCUT2D eigenvalue weighted by molar-refractivity contribution is 0.550. The predicted molar refractivity (Wildman–Crippen MR) is 81.7 cm³/mol. The van der Waals surface area contributed by atoms with Gasteiger partial charge in [-0.3, -0.25) is 0 Å². The highest BCUT2D eigenvalue weighted by Gasteiger charge is 2.12. The van der Waals surface area contributed by atoms with Crippen LogP contribution in [0.2, 0.25) is 0 Å². The molecule has 1 unspecified atom stereocenters. The quantitative estimate of drug-likeness (QED) is 0.623. The molecule has 0 amide bonds. The molecule has 0 saturated heterocycles. The average molecular weight is 318 g/mol. The summed E-state index contributed by atoms with van der Waals surface area (Å²) in [6.07, 6.45) is 9.15. The summed E-state index contributed by atoms with van der Waals surface area (Å²) in [6.45, 7) is 4.39. The van der Waals surface area contributed by atoms with E-state index in [1.807, 2.05) is 11.3 Å². The van der Waals surface area contributed by atoms with Crippen LogP contribution in [0.1, 0.15) is 67.7 Å². The summed E-state index contributed by atoms with van der Waals surface area (Å²) >= 11 is 5.41. The molecule has 1 atom stereocenters. The van der Waals surface area contributed by atoms with Gasteiger partial charge in [0.2, 0.25) is 0 Å². The van der Waals surface area contributed by atoms with E-state index in [2.05, 4.69) is 35.8 Å². The molecule has 17 heavy (non-hydrogen) atoms. The Morgan fingerprint density at radius 1 is 1.24 bits per heavy atom. The lowest BCUT2D eigenvalue weighted by Gasteiger charge is -2.10. The van der Waals surface area contributed by atoms with Crippen molar-refractivity contribution in [2.45, 2.75) is 64.8 Å². The molecule has 3 heteroatoms. The van der Waals surface area contributed by atoms with Crippen molar-refractivity contribution in [1.29, 1.82) is 0 Å². The molecule has 0 spiro atoms. The zero-order valence-electron chi connectivity index (χ0n) is 11.0. The molecule has 0 aliphatic heterocycles. The number of thiophene rings is 1. The normalized spacial score (nSPS) is 12.9. The topological polar surface area (TPSA) is 26.0 Å². The second-order valence-electron chi connectivity index (χ2n) is 4.73. The SMILES string of the molecule is CCCCCCCCC(N)c1sc(C)cc1Br. The molecular weight excluding hydrogens is 294 g/mol. The van der Waals surface area contributed by atoms with Crippen molar-refractivity contribution in [2.24, 2.45) is 5.73 Å². The standard InChI is InChI=1S/C14H24BrNS/c1-3-4-5-6-7-8-9-13(16)14-12(15)10-11(2)17-14/h10,13H,3-9,16H2,1-2H3. The van der Waals surface area contributed by atoms with Crippen LogP contribution >= 0.6 is 27.3 Å². The van der Waals surface area contributed by atoms with Gasteiger partial charge in [-0.25, -0.2) is 0 Å². The van der Waals surface area contributed by atoms with Crippen molar-refractivity contribution >= 4 is 27.3 Å². The van der Waals surface area contributed by atoms with Gasteiger partial charge >= 0.3 is 0 Å². The summed E-state index contributed by atoms with van der Waals surface area (Å²) in [5, 5.41) is 0. The lowest BCUT2D eigenvalue weighted by atomic mass is 10.1.